The predicted molar refractivity (Wildman–Crippen MR) is 108 cm³/mol. The third kappa shape index (κ3) is 7.11. The first kappa shape index (κ1) is 19.7. The highest BCUT2D eigenvalue weighted by molar-refractivity contribution is 7.80. The third-order valence-electron chi connectivity index (χ3n) is 3.37. The van der Waals surface area contributed by atoms with E-state index in [1.807, 2.05) is 63.2 Å². The van der Waals surface area contributed by atoms with Gasteiger partial charge in [0.15, 0.2) is 11.7 Å². The Morgan fingerprint density at radius 3 is 2.35 bits per heavy atom. The van der Waals surface area contributed by atoms with Crippen LogP contribution in [0.1, 0.15) is 31.9 Å². The Balaban J connectivity index is 1.85. The van der Waals surface area contributed by atoms with Crippen molar-refractivity contribution >= 4 is 23.2 Å². The molecule has 0 unspecified atom stereocenters. The summed E-state index contributed by atoms with van der Waals surface area (Å²) in [6.07, 6.45) is 0.746. The second-order valence-electron chi connectivity index (χ2n) is 6.94. The smallest absolute Gasteiger partial charge is 0.276 e. The van der Waals surface area contributed by atoms with Gasteiger partial charge >= 0.3 is 0 Å². The first-order valence-corrected chi connectivity index (χ1v) is 8.86. The zero-order chi connectivity index (χ0) is 19.0. The fraction of sp³-hybridized carbons (Fsp3) is 0.300. The Morgan fingerprint density at radius 1 is 1.00 bits per heavy atom. The van der Waals surface area contributed by atoms with Crippen molar-refractivity contribution in [3.8, 4) is 5.75 Å². The van der Waals surface area contributed by atoms with E-state index in [0.29, 0.717) is 10.9 Å². The lowest BCUT2D eigenvalue weighted by molar-refractivity contribution is -0.123. The summed E-state index contributed by atoms with van der Waals surface area (Å²) in [4.78, 5) is 12.0. The van der Waals surface area contributed by atoms with Crippen LogP contribution in [0.4, 0.5) is 0 Å². The molecule has 0 spiro atoms. The van der Waals surface area contributed by atoms with Gasteiger partial charge in [-0.25, -0.2) is 0 Å². The van der Waals surface area contributed by atoms with Crippen LogP contribution in [-0.2, 0) is 11.2 Å². The molecule has 0 atom stereocenters. The second-order valence-corrected chi connectivity index (χ2v) is 7.34. The summed E-state index contributed by atoms with van der Waals surface area (Å²) in [6.45, 7) is 5.84. The molecule has 2 rings (SSSR count). The number of carbonyl (C=O) groups excluding carboxylic acids is 1. The van der Waals surface area contributed by atoms with E-state index in [1.165, 1.54) is 5.56 Å². The first-order valence-electron chi connectivity index (χ1n) is 8.45. The minimum Gasteiger partial charge on any atom is -0.483 e. The van der Waals surface area contributed by atoms with Gasteiger partial charge in [0.1, 0.15) is 5.75 Å². The number of rotatable bonds is 5. The quantitative estimate of drug-likeness (QED) is 0.557. The number of hydrazine groups is 1. The predicted octanol–water partition coefficient (Wildman–Crippen LogP) is 2.95. The number of carbonyl (C=O) groups is 1. The Bertz CT molecular complexity index is 742. The first-order chi connectivity index (χ1) is 12.3. The van der Waals surface area contributed by atoms with Gasteiger partial charge in [-0.05, 0) is 50.2 Å². The SMILES string of the molecule is CC(C)(C)NC(=S)NNC(=O)COc1ccccc1Cc1ccccc1. The van der Waals surface area contributed by atoms with Gasteiger partial charge in [-0.15, -0.1) is 0 Å². The van der Waals surface area contributed by atoms with E-state index in [1.54, 1.807) is 0 Å². The summed E-state index contributed by atoms with van der Waals surface area (Å²) in [5.41, 5.74) is 7.24. The summed E-state index contributed by atoms with van der Waals surface area (Å²) in [6, 6.07) is 17.9. The maximum Gasteiger partial charge on any atom is 0.276 e. The van der Waals surface area contributed by atoms with E-state index < -0.39 is 0 Å². The molecule has 0 aromatic heterocycles. The van der Waals surface area contributed by atoms with E-state index in [9.17, 15) is 4.79 Å². The lowest BCUT2D eigenvalue weighted by atomic mass is 10.0. The average molecular weight is 372 g/mol. The average Bonchev–Trinajstić information content (AvgIpc) is 2.59. The van der Waals surface area contributed by atoms with Crippen LogP contribution in [0.15, 0.2) is 54.6 Å². The normalized spacial score (nSPS) is 10.7. The van der Waals surface area contributed by atoms with Crippen molar-refractivity contribution in [2.45, 2.75) is 32.7 Å². The van der Waals surface area contributed by atoms with Crippen molar-refractivity contribution in [1.82, 2.24) is 16.2 Å². The van der Waals surface area contributed by atoms with Crippen molar-refractivity contribution in [1.29, 1.82) is 0 Å². The Labute approximate surface area is 160 Å². The van der Waals surface area contributed by atoms with Crippen LogP contribution in [0.2, 0.25) is 0 Å². The molecule has 0 aliphatic carbocycles. The van der Waals surface area contributed by atoms with Crippen molar-refractivity contribution in [3.63, 3.8) is 0 Å². The molecular formula is C20H25N3O2S. The second kappa shape index (κ2) is 9.20. The van der Waals surface area contributed by atoms with Gasteiger partial charge in [0.2, 0.25) is 0 Å². The third-order valence-corrected chi connectivity index (χ3v) is 3.58. The fourth-order valence-corrected chi connectivity index (χ4v) is 2.64. The number of ether oxygens (including phenoxy) is 1. The molecule has 1 amide bonds. The molecule has 0 aliphatic heterocycles. The van der Waals surface area contributed by atoms with E-state index in [2.05, 4.69) is 28.3 Å². The van der Waals surface area contributed by atoms with Gasteiger partial charge in [0, 0.05) is 12.0 Å². The lowest BCUT2D eigenvalue weighted by Gasteiger charge is -2.23. The molecule has 0 radical (unpaired) electrons. The molecule has 0 fully saturated rings. The van der Waals surface area contributed by atoms with Gasteiger partial charge < -0.3 is 10.1 Å². The summed E-state index contributed by atoms with van der Waals surface area (Å²) < 4.78 is 5.69. The van der Waals surface area contributed by atoms with E-state index >= 15 is 0 Å². The number of hydrogen-bond acceptors (Lipinski definition) is 3. The zero-order valence-corrected chi connectivity index (χ0v) is 16.2. The van der Waals surface area contributed by atoms with Crippen LogP contribution in [0.25, 0.3) is 0 Å². The molecule has 6 heteroatoms. The largest absolute Gasteiger partial charge is 0.483 e. The van der Waals surface area contributed by atoms with Crippen molar-refractivity contribution in [2.75, 3.05) is 6.61 Å². The molecule has 0 saturated heterocycles. The minimum atomic E-state index is -0.308. The molecule has 0 saturated carbocycles. The molecule has 138 valence electrons. The van der Waals surface area contributed by atoms with Crippen molar-refractivity contribution in [3.05, 3.63) is 65.7 Å². The highest BCUT2D eigenvalue weighted by Crippen LogP contribution is 2.21. The molecule has 3 N–H and O–H groups in total. The van der Waals surface area contributed by atoms with Gasteiger partial charge in [0.25, 0.3) is 5.91 Å². The highest BCUT2D eigenvalue weighted by Gasteiger charge is 2.12. The van der Waals surface area contributed by atoms with Gasteiger partial charge in [-0.2, -0.15) is 0 Å². The molecule has 0 heterocycles. The topological polar surface area (TPSA) is 62.4 Å². The molecule has 0 aliphatic rings. The van der Waals surface area contributed by atoms with Crippen LogP contribution in [0, 0.1) is 0 Å². The summed E-state index contributed by atoms with van der Waals surface area (Å²) in [5.74, 6) is 0.388. The summed E-state index contributed by atoms with van der Waals surface area (Å²) in [5, 5.41) is 3.41. The zero-order valence-electron chi connectivity index (χ0n) is 15.3. The number of benzene rings is 2. The minimum absolute atomic E-state index is 0.100. The molecular weight excluding hydrogens is 346 g/mol. The molecule has 26 heavy (non-hydrogen) atoms. The highest BCUT2D eigenvalue weighted by atomic mass is 32.1. The maximum atomic E-state index is 12.0. The molecule has 2 aromatic carbocycles. The van der Waals surface area contributed by atoms with E-state index in [-0.39, 0.29) is 18.1 Å². The van der Waals surface area contributed by atoms with Crippen molar-refractivity contribution < 1.29 is 9.53 Å². The van der Waals surface area contributed by atoms with Gasteiger partial charge in [-0.3, -0.25) is 15.6 Å². The number of para-hydroxylation sites is 1. The molecule has 0 bridgehead atoms. The lowest BCUT2D eigenvalue weighted by Crippen LogP contribution is -2.53. The van der Waals surface area contributed by atoms with Gasteiger partial charge in [-0.1, -0.05) is 48.5 Å². The van der Waals surface area contributed by atoms with Crippen molar-refractivity contribution in [2.24, 2.45) is 0 Å². The van der Waals surface area contributed by atoms with Crippen LogP contribution in [0.5, 0.6) is 5.75 Å². The number of thiocarbonyl (C=S) groups is 1. The fourth-order valence-electron chi connectivity index (χ4n) is 2.28. The van der Waals surface area contributed by atoms with Crippen LogP contribution < -0.4 is 20.9 Å². The van der Waals surface area contributed by atoms with Crippen LogP contribution in [0.3, 0.4) is 0 Å². The monoisotopic (exact) mass is 371 g/mol. The van der Waals surface area contributed by atoms with E-state index in [4.69, 9.17) is 17.0 Å². The van der Waals surface area contributed by atoms with Crippen LogP contribution in [-0.4, -0.2) is 23.2 Å². The molecule has 2 aromatic rings. The van der Waals surface area contributed by atoms with Crippen LogP contribution >= 0.6 is 12.2 Å². The number of hydrogen-bond donors (Lipinski definition) is 3. The summed E-state index contributed by atoms with van der Waals surface area (Å²) >= 11 is 5.11. The number of amides is 1. The Hall–Kier alpha value is -2.60. The van der Waals surface area contributed by atoms with E-state index in [0.717, 1.165) is 12.0 Å². The Kier molecular flexibility index (Phi) is 6.97. The molecule has 5 nitrogen and oxygen atoms in total. The summed E-state index contributed by atoms with van der Waals surface area (Å²) in [7, 11) is 0. The van der Waals surface area contributed by atoms with Gasteiger partial charge in [0.05, 0.1) is 0 Å². The maximum absolute atomic E-state index is 12.0. The Morgan fingerprint density at radius 2 is 1.65 bits per heavy atom. The standard InChI is InChI=1S/C20H25N3O2S/c1-20(2,3)21-19(26)23-22-18(24)14-25-17-12-8-7-11-16(17)13-15-9-5-4-6-10-15/h4-12H,13-14H2,1-3H3,(H,22,24)(H2,21,23,26). The number of nitrogens with one attached hydrogen (secondary N) is 3.